The highest BCUT2D eigenvalue weighted by Crippen LogP contribution is 2.20. The van der Waals surface area contributed by atoms with E-state index in [1.807, 2.05) is 0 Å². The van der Waals surface area contributed by atoms with Crippen LogP contribution in [0.3, 0.4) is 0 Å². The minimum Gasteiger partial charge on any atom is -0.267 e. The van der Waals surface area contributed by atoms with Crippen molar-refractivity contribution < 1.29 is 14.1 Å². The van der Waals surface area contributed by atoms with Crippen LogP contribution >= 0.6 is 11.6 Å². The Hall–Kier alpha value is -2.80. The molecular weight excluding hydrogens is 313 g/mol. The zero-order valence-electron chi connectivity index (χ0n) is 11.0. The molecule has 8 heteroatoms. The molecule has 0 aromatic heterocycles. The van der Waals surface area contributed by atoms with Crippen LogP contribution in [0.1, 0.15) is 15.9 Å². The van der Waals surface area contributed by atoms with E-state index >= 15 is 0 Å². The maximum Gasteiger partial charge on any atom is 0.271 e. The number of nitrogens with zero attached hydrogens (tertiary/aromatic N) is 2. The predicted octanol–water partition coefficient (Wildman–Crippen LogP) is 3.15. The Bertz CT molecular complexity index is 765. The summed E-state index contributed by atoms with van der Waals surface area (Å²) >= 11 is 5.88. The van der Waals surface area contributed by atoms with Crippen molar-refractivity contribution in [1.29, 1.82) is 0 Å². The molecule has 0 bridgehead atoms. The summed E-state index contributed by atoms with van der Waals surface area (Å²) in [5.74, 6) is -1.16. The number of amides is 1. The topological polar surface area (TPSA) is 84.6 Å². The molecule has 6 nitrogen and oxygen atoms in total. The number of nitro benzene ring substituents is 1. The zero-order valence-corrected chi connectivity index (χ0v) is 11.7. The van der Waals surface area contributed by atoms with E-state index < -0.39 is 16.6 Å². The van der Waals surface area contributed by atoms with Crippen molar-refractivity contribution in [3.8, 4) is 0 Å². The molecule has 0 heterocycles. The quantitative estimate of drug-likeness (QED) is 0.533. The highest BCUT2D eigenvalue weighted by molar-refractivity contribution is 6.33. The van der Waals surface area contributed by atoms with E-state index in [1.54, 1.807) is 0 Å². The Morgan fingerprint density at radius 2 is 2.09 bits per heavy atom. The molecule has 1 N–H and O–H groups in total. The van der Waals surface area contributed by atoms with Crippen LogP contribution in [-0.2, 0) is 0 Å². The highest BCUT2D eigenvalue weighted by Gasteiger charge is 2.09. The molecule has 0 atom stereocenters. The maximum atomic E-state index is 13.0. The molecule has 0 spiro atoms. The molecule has 2 rings (SSSR count). The second-order valence-corrected chi connectivity index (χ2v) is 4.58. The number of carbonyl (C=O) groups excluding carboxylic acids is 1. The minimum atomic E-state index is -0.614. The minimum absolute atomic E-state index is 0.0993. The SMILES string of the molecule is O=C(N/N=C\c1cc([N+](=O)[O-])ccc1Cl)c1cccc(F)c1. The molecule has 0 saturated heterocycles. The number of non-ortho nitro benzene ring substituents is 1. The normalized spacial score (nSPS) is 10.6. The van der Waals surface area contributed by atoms with Gasteiger partial charge in [0.05, 0.1) is 11.1 Å². The Kier molecular flexibility index (Phi) is 4.80. The maximum absolute atomic E-state index is 13.0. The first-order chi connectivity index (χ1) is 10.5. The highest BCUT2D eigenvalue weighted by atomic mass is 35.5. The fourth-order valence-electron chi connectivity index (χ4n) is 1.60. The number of hydrazone groups is 1. The first kappa shape index (κ1) is 15.6. The van der Waals surface area contributed by atoms with E-state index in [0.29, 0.717) is 0 Å². The van der Waals surface area contributed by atoms with Gasteiger partial charge in [0.25, 0.3) is 11.6 Å². The lowest BCUT2D eigenvalue weighted by Crippen LogP contribution is -2.17. The van der Waals surface area contributed by atoms with Crippen molar-refractivity contribution in [2.24, 2.45) is 5.10 Å². The van der Waals surface area contributed by atoms with Gasteiger partial charge in [-0.05, 0) is 24.3 Å². The average Bonchev–Trinajstić information content (AvgIpc) is 2.48. The summed E-state index contributed by atoms with van der Waals surface area (Å²) in [6.07, 6.45) is 1.17. The molecule has 2 aromatic rings. The molecule has 22 heavy (non-hydrogen) atoms. The summed E-state index contributed by atoms with van der Waals surface area (Å²) in [6, 6.07) is 8.92. The Balaban J connectivity index is 2.11. The van der Waals surface area contributed by atoms with E-state index in [1.165, 1.54) is 42.6 Å². The Morgan fingerprint density at radius 3 is 2.77 bits per heavy atom. The van der Waals surface area contributed by atoms with Crippen molar-refractivity contribution in [3.63, 3.8) is 0 Å². The Morgan fingerprint density at radius 1 is 1.32 bits per heavy atom. The van der Waals surface area contributed by atoms with Crippen molar-refractivity contribution in [1.82, 2.24) is 5.43 Å². The summed E-state index contributed by atoms with van der Waals surface area (Å²) in [5.41, 5.74) is 2.41. The van der Waals surface area contributed by atoms with Gasteiger partial charge in [-0.2, -0.15) is 5.10 Å². The summed E-state index contributed by atoms with van der Waals surface area (Å²) < 4.78 is 13.0. The zero-order chi connectivity index (χ0) is 16.1. The van der Waals surface area contributed by atoms with Gasteiger partial charge in [-0.1, -0.05) is 17.7 Å². The Labute approximate surface area is 129 Å². The molecule has 0 aliphatic rings. The monoisotopic (exact) mass is 321 g/mol. The number of halogens is 2. The fraction of sp³-hybridized carbons (Fsp3) is 0. The van der Waals surface area contributed by atoms with Crippen LogP contribution < -0.4 is 5.43 Å². The van der Waals surface area contributed by atoms with Gasteiger partial charge >= 0.3 is 0 Å². The van der Waals surface area contributed by atoms with E-state index in [0.717, 1.165) is 6.07 Å². The molecule has 0 saturated carbocycles. The van der Waals surface area contributed by atoms with Crippen LogP contribution in [0.25, 0.3) is 0 Å². The second kappa shape index (κ2) is 6.77. The molecule has 0 radical (unpaired) electrons. The van der Waals surface area contributed by atoms with Crippen molar-refractivity contribution in [2.75, 3.05) is 0 Å². The van der Waals surface area contributed by atoms with Gasteiger partial charge < -0.3 is 0 Å². The van der Waals surface area contributed by atoms with Gasteiger partial charge in [-0.25, -0.2) is 9.82 Å². The predicted molar refractivity (Wildman–Crippen MR) is 79.6 cm³/mol. The second-order valence-electron chi connectivity index (χ2n) is 4.17. The number of hydrogen-bond acceptors (Lipinski definition) is 4. The summed E-state index contributed by atoms with van der Waals surface area (Å²) in [7, 11) is 0. The summed E-state index contributed by atoms with van der Waals surface area (Å²) in [6.45, 7) is 0. The molecule has 0 fully saturated rings. The van der Waals surface area contributed by atoms with Crippen LogP contribution in [0, 0.1) is 15.9 Å². The first-order valence-electron chi connectivity index (χ1n) is 6.00. The smallest absolute Gasteiger partial charge is 0.267 e. The lowest BCUT2D eigenvalue weighted by atomic mass is 10.2. The van der Waals surface area contributed by atoms with E-state index in [2.05, 4.69) is 10.5 Å². The third-order valence-corrected chi connectivity index (χ3v) is 2.99. The number of hydrogen-bond donors (Lipinski definition) is 1. The van der Waals surface area contributed by atoms with Gasteiger partial charge in [-0.3, -0.25) is 14.9 Å². The van der Waals surface area contributed by atoms with Gasteiger partial charge in [-0.15, -0.1) is 0 Å². The van der Waals surface area contributed by atoms with Gasteiger partial charge in [0, 0.05) is 28.3 Å². The third kappa shape index (κ3) is 3.86. The molecule has 0 aliphatic carbocycles. The van der Waals surface area contributed by atoms with Crippen molar-refractivity contribution in [2.45, 2.75) is 0 Å². The standard InChI is InChI=1S/C14H9ClFN3O3/c15-13-5-4-12(19(21)22)7-10(13)8-17-18-14(20)9-2-1-3-11(16)6-9/h1-8H,(H,18,20)/b17-8-. The number of nitro groups is 1. The van der Waals surface area contributed by atoms with E-state index in [-0.39, 0.29) is 21.8 Å². The van der Waals surface area contributed by atoms with Crippen LogP contribution in [0.2, 0.25) is 5.02 Å². The molecule has 0 aliphatic heterocycles. The average molecular weight is 322 g/mol. The summed E-state index contributed by atoms with van der Waals surface area (Å²) in [5, 5.41) is 14.6. The molecule has 2 aromatic carbocycles. The van der Waals surface area contributed by atoms with Gasteiger partial charge in [0.15, 0.2) is 0 Å². The van der Waals surface area contributed by atoms with E-state index in [9.17, 15) is 19.3 Å². The van der Waals surface area contributed by atoms with Crippen LogP contribution in [0.4, 0.5) is 10.1 Å². The molecule has 1 amide bonds. The molecular formula is C14H9ClFN3O3. The van der Waals surface area contributed by atoms with Gasteiger partial charge in [0.1, 0.15) is 5.82 Å². The number of rotatable bonds is 4. The fourth-order valence-corrected chi connectivity index (χ4v) is 1.76. The molecule has 112 valence electrons. The number of nitrogens with one attached hydrogen (secondary N) is 1. The van der Waals surface area contributed by atoms with Gasteiger partial charge in [0.2, 0.25) is 0 Å². The lowest BCUT2D eigenvalue weighted by molar-refractivity contribution is -0.384. The third-order valence-electron chi connectivity index (χ3n) is 2.65. The van der Waals surface area contributed by atoms with Crippen LogP contribution in [0.15, 0.2) is 47.6 Å². The first-order valence-corrected chi connectivity index (χ1v) is 6.38. The molecule has 0 unspecified atom stereocenters. The van der Waals surface area contributed by atoms with Crippen LogP contribution in [0.5, 0.6) is 0 Å². The number of benzene rings is 2. The largest absolute Gasteiger partial charge is 0.271 e. The van der Waals surface area contributed by atoms with Crippen molar-refractivity contribution >= 4 is 29.4 Å². The summed E-state index contributed by atoms with van der Waals surface area (Å²) in [4.78, 5) is 21.8. The van der Waals surface area contributed by atoms with E-state index in [4.69, 9.17) is 11.6 Å². The van der Waals surface area contributed by atoms with Crippen molar-refractivity contribution in [3.05, 3.63) is 74.5 Å². The van der Waals surface area contributed by atoms with Crippen LogP contribution in [-0.4, -0.2) is 17.0 Å². The lowest BCUT2D eigenvalue weighted by Gasteiger charge is -2.00. The number of carbonyl (C=O) groups is 1.